The second-order valence-corrected chi connectivity index (χ2v) is 8.09. The fourth-order valence-corrected chi connectivity index (χ4v) is 3.50. The van der Waals surface area contributed by atoms with Crippen molar-refractivity contribution in [3.63, 3.8) is 0 Å². The monoisotopic (exact) mass is 434 g/mol. The van der Waals surface area contributed by atoms with Crippen molar-refractivity contribution >= 4 is 11.9 Å². The molecule has 176 valence electrons. The molecule has 5 nitrogen and oxygen atoms in total. The summed E-state index contributed by atoms with van der Waals surface area (Å²) in [7, 11) is 1.71. The van der Waals surface area contributed by atoms with E-state index in [4.69, 9.17) is 14.2 Å². The summed E-state index contributed by atoms with van der Waals surface area (Å²) < 4.78 is 15.8. The van der Waals surface area contributed by atoms with Crippen LogP contribution < -0.4 is 0 Å². The predicted molar refractivity (Wildman–Crippen MR) is 124 cm³/mol. The highest BCUT2D eigenvalue weighted by Gasteiger charge is 2.12. The Labute approximate surface area is 188 Å². The largest absolute Gasteiger partial charge is 0.466 e. The molecule has 0 saturated carbocycles. The molecular weight excluding hydrogens is 392 g/mol. The molecule has 0 aliphatic rings. The molecule has 1 aromatic carbocycles. The minimum atomic E-state index is -0.103. The van der Waals surface area contributed by atoms with Crippen LogP contribution >= 0.6 is 0 Å². The number of rotatable bonds is 19. The molecule has 1 unspecified atom stereocenters. The Morgan fingerprint density at radius 3 is 1.87 bits per heavy atom. The van der Waals surface area contributed by atoms with Crippen LogP contribution in [0.15, 0.2) is 30.3 Å². The highest BCUT2D eigenvalue weighted by molar-refractivity contribution is 5.69. The van der Waals surface area contributed by atoms with E-state index in [1.807, 2.05) is 18.2 Å². The molecule has 0 aromatic heterocycles. The Balaban J connectivity index is 2.03. The van der Waals surface area contributed by atoms with Crippen molar-refractivity contribution in [1.29, 1.82) is 0 Å². The first kappa shape index (κ1) is 27.2. The molecule has 0 fully saturated rings. The van der Waals surface area contributed by atoms with Crippen LogP contribution in [0.2, 0.25) is 0 Å². The van der Waals surface area contributed by atoms with Gasteiger partial charge in [-0.3, -0.25) is 9.59 Å². The summed E-state index contributed by atoms with van der Waals surface area (Å²) in [6.07, 6.45) is 10.7. The van der Waals surface area contributed by atoms with Crippen molar-refractivity contribution in [1.82, 2.24) is 0 Å². The Kier molecular flexibility index (Phi) is 16.5. The smallest absolute Gasteiger partial charge is 0.305 e. The van der Waals surface area contributed by atoms with Crippen molar-refractivity contribution in [3.05, 3.63) is 35.9 Å². The van der Waals surface area contributed by atoms with Crippen LogP contribution in [0.25, 0.3) is 0 Å². The van der Waals surface area contributed by atoms with E-state index >= 15 is 0 Å². The molecule has 0 aliphatic heterocycles. The van der Waals surface area contributed by atoms with Gasteiger partial charge in [0.1, 0.15) is 0 Å². The number of hydrogen-bond donors (Lipinski definition) is 0. The fraction of sp³-hybridized carbons (Fsp3) is 0.692. The van der Waals surface area contributed by atoms with Crippen LogP contribution in [0.5, 0.6) is 0 Å². The molecule has 0 N–H and O–H groups in total. The molecule has 0 aliphatic carbocycles. The summed E-state index contributed by atoms with van der Waals surface area (Å²) in [4.78, 5) is 23.5. The van der Waals surface area contributed by atoms with E-state index in [2.05, 4.69) is 19.1 Å². The maximum absolute atomic E-state index is 12.0. The van der Waals surface area contributed by atoms with Gasteiger partial charge in [-0.05, 0) is 43.6 Å². The lowest BCUT2D eigenvalue weighted by molar-refractivity contribution is -0.144. The summed E-state index contributed by atoms with van der Waals surface area (Å²) in [6, 6.07) is 10.3. The van der Waals surface area contributed by atoms with Crippen LogP contribution in [0.3, 0.4) is 0 Å². The van der Waals surface area contributed by atoms with Gasteiger partial charge in [0.25, 0.3) is 0 Å². The Morgan fingerprint density at radius 1 is 0.742 bits per heavy atom. The molecule has 31 heavy (non-hydrogen) atoms. The zero-order chi connectivity index (χ0) is 22.6. The predicted octanol–water partition coefficient (Wildman–Crippen LogP) is 6.20. The fourth-order valence-electron chi connectivity index (χ4n) is 3.50. The highest BCUT2D eigenvalue weighted by atomic mass is 16.5. The van der Waals surface area contributed by atoms with Crippen molar-refractivity contribution in [2.75, 3.05) is 26.9 Å². The van der Waals surface area contributed by atoms with E-state index in [1.54, 1.807) is 7.11 Å². The van der Waals surface area contributed by atoms with Crippen molar-refractivity contribution in [3.8, 4) is 0 Å². The average molecular weight is 435 g/mol. The number of unbranched alkanes of at least 4 members (excludes halogenated alkanes) is 6. The lowest BCUT2D eigenvalue weighted by Gasteiger charge is -2.17. The van der Waals surface area contributed by atoms with Crippen molar-refractivity contribution in [2.24, 2.45) is 0 Å². The van der Waals surface area contributed by atoms with E-state index < -0.39 is 0 Å². The second kappa shape index (κ2) is 18.9. The molecule has 1 rings (SSSR count). The van der Waals surface area contributed by atoms with E-state index in [0.29, 0.717) is 38.6 Å². The number of benzene rings is 1. The molecule has 0 amide bonds. The molecule has 0 spiro atoms. The third kappa shape index (κ3) is 14.7. The first-order chi connectivity index (χ1) is 15.2. The van der Waals surface area contributed by atoms with E-state index in [-0.39, 0.29) is 11.9 Å². The lowest BCUT2D eigenvalue weighted by atomic mass is 9.93. The molecule has 5 heteroatoms. The zero-order valence-corrected chi connectivity index (χ0v) is 19.6. The molecule has 0 radical (unpaired) electrons. The van der Waals surface area contributed by atoms with E-state index in [0.717, 1.165) is 64.2 Å². The molecular formula is C26H42O5. The normalized spacial score (nSPS) is 11.8. The minimum absolute atomic E-state index is 0.0760. The van der Waals surface area contributed by atoms with Gasteiger partial charge in [0.15, 0.2) is 0 Å². The number of methoxy groups -OCH3 is 1. The minimum Gasteiger partial charge on any atom is -0.466 e. The van der Waals surface area contributed by atoms with E-state index in [1.165, 1.54) is 5.56 Å². The topological polar surface area (TPSA) is 61.8 Å². The van der Waals surface area contributed by atoms with Gasteiger partial charge in [0, 0.05) is 26.6 Å². The van der Waals surface area contributed by atoms with Gasteiger partial charge in [0.05, 0.1) is 13.2 Å². The Hall–Kier alpha value is -1.88. The van der Waals surface area contributed by atoms with Gasteiger partial charge in [-0.25, -0.2) is 0 Å². The first-order valence-corrected chi connectivity index (χ1v) is 12.0. The van der Waals surface area contributed by atoms with Gasteiger partial charge in [0.2, 0.25) is 0 Å². The summed E-state index contributed by atoms with van der Waals surface area (Å²) >= 11 is 0. The Bertz CT molecular complexity index is 572. The summed E-state index contributed by atoms with van der Waals surface area (Å²) in [5, 5.41) is 0. The van der Waals surface area contributed by atoms with Crippen molar-refractivity contribution in [2.45, 2.75) is 89.9 Å². The van der Waals surface area contributed by atoms with Gasteiger partial charge in [-0.15, -0.1) is 0 Å². The number of hydrogen-bond acceptors (Lipinski definition) is 5. The van der Waals surface area contributed by atoms with Crippen LogP contribution in [-0.4, -0.2) is 38.9 Å². The molecule has 0 bridgehead atoms. The Morgan fingerprint density at radius 2 is 1.29 bits per heavy atom. The lowest BCUT2D eigenvalue weighted by Crippen LogP contribution is -2.10. The zero-order valence-electron chi connectivity index (χ0n) is 19.6. The maximum Gasteiger partial charge on any atom is 0.305 e. The van der Waals surface area contributed by atoms with Gasteiger partial charge >= 0.3 is 11.9 Å². The number of esters is 2. The van der Waals surface area contributed by atoms with E-state index in [9.17, 15) is 9.59 Å². The number of ether oxygens (including phenoxy) is 3. The van der Waals surface area contributed by atoms with Crippen LogP contribution in [0.4, 0.5) is 0 Å². The van der Waals surface area contributed by atoms with Crippen LogP contribution in [0, 0.1) is 0 Å². The second-order valence-electron chi connectivity index (χ2n) is 8.09. The van der Waals surface area contributed by atoms with Gasteiger partial charge < -0.3 is 14.2 Å². The quantitative estimate of drug-likeness (QED) is 0.191. The standard InChI is InChI=1S/C26H42O5/c1-3-4-20-30-25(27)16-12-7-5-6-8-13-17-26(28)31-22-19-24(18-21-29-2)23-14-10-9-11-15-23/h9-11,14-15,24H,3-8,12-13,16-22H2,1-2H3. The summed E-state index contributed by atoms with van der Waals surface area (Å²) in [5.74, 6) is 0.166. The molecule has 0 saturated heterocycles. The number of carbonyl (C=O) groups is 2. The van der Waals surface area contributed by atoms with Crippen LogP contribution in [-0.2, 0) is 23.8 Å². The molecule has 0 heterocycles. The van der Waals surface area contributed by atoms with Crippen LogP contribution in [0.1, 0.15) is 95.5 Å². The van der Waals surface area contributed by atoms with Gasteiger partial charge in [-0.1, -0.05) is 69.4 Å². The third-order valence-electron chi connectivity index (χ3n) is 5.44. The summed E-state index contributed by atoms with van der Waals surface area (Å²) in [6.45, 7) is 3.79. The van der Waals surface area contributed by atoms with Crippen molar-refractivity contribution < 1.29 is 23.8 Å². The number of carbonyl (C=O) groups excluding carboxylic acids is 2. The average Bonchev–Trinajstić information content (AvgIpc) is 2.78. The van der Waals surface area contributed by atoms with Gasteiger partial charge in [-0.2, -0.15) is 0 Å². The first-order valence-electron chi connectivity index (χ1n) is 12.0. The SMILES string of the molecule is CCCCOC(=O)CCCCCCCCC(=O)OCCC(CCOC)c1ccccc1. The highest BCUT2D eigenvalue weighted by Crippen LogP contribution is 2.23. The molecule has 1 atom stereocenters. The maximum atomic E-state index is 12.0. The third-order valence-corrected chi connectivity index (χ3v) is 5.44. The summed E-state index contributed by atoms with van der Waals surface area (Å²) in [5.41, 5.74) is 1.27. The molecule has 1 aromatic rings.